The fourth-order valence-electron chi connectivity index (χ4n) is 5.15. The first-order valence-electron chi connectivity index (χ1n) is 10.3. The van der Waals surface area contributed by atoms with Gasteiger partial charge >= 0.3 is 35.6 Å². The van der Waals surface area contributed by atoms with Crippen LogP contribution in [0, 0.1) is 7.43 Å². The van der Waals surface area contributed by atoms with E-state index < -0.39 is 25.3 Å². The topological polar surface area (TPSA) is 17.3 Å². The van der Waals surface area contributed by atoms with E-state index in [1.165, 1.54) is 17.5 Å². The van der Waals surface area contributed by atoms with E-state index >= 15 is 0 Å². The standard InChI is InChI=1S/C23H31N2Si.CH3.2ClH.Ti/c1-23(2,3)24-26(4,5)22-14-21(19-12-8-9-13-20(19)22)25-15-17-10-6-7-11-18(17)16-25;;;;/h6-13,21-22H,14-16H2,1-5H3;1H3;2*1H;/q2*-1;;;+2/p-2. The predicted molar refractivity (Wildman–Crippen MR) is 131 cm³/mol. The number of rotatable bonds is 3. The third kappa shape index (κ3) is 6.01. The van der Waals surface area contributed by atoms with Crippen molar-refractivity contribution in [2.75, 3.05) is 0 Å². The Kier molecular flexibility index (Phi) is 9.28. The van der Waals surface area contributed by atoms with Crippen molar-refractivity contribution < 1.29 is 17.0 Å². The van der Waals surface area contributed by atoms with Gasteiger partial charge in [0.05, 0.1) is 0 Å². The molecule has 2 nitrogen and oxygen atoms in total. The van der Waals surface area contributed by atoms with Gasteiger partial charge in [-0.15, -0.1) is 5.54 Å². The van der Waals surface area contributed by atoms with Gasteiger partial charge in [0.2, 0.25) is 0 Å². The summed E-state index contributed by atoms with van der Waals surface area (Å²) in [4.78, 5) is 8.03. The van der Waals surface area contributed by atoms with Crippen LogP contribution in [0.5, 0.6) is 0 Å². The van der Waals surface area contributed by atoms with Crippen molar-refractivity contribution in [3.63, 3.8) is 0 Å². The van der Waals surface area contributed by atoms with Crippen LogP contribution in [0.2, 0.25) is 13.1 Å². The first kappa shape index (κ1) is 26.1. The first-order chi connectivity index (χ1) is 13.7. The van der Waals surface area contributed by atoms with Crippen LogP contribution in [0.1, 0.15) is 61.0 Å². The number of fused-ring (bicyclic) bond motifs is 2. The Labute approximate surface area is 201 Å². The average Bonchev–Trinajstić information content (AvgIpc) is 3.22. The third-order valence-electron chi connectivity index (χ3n) is 5.97. The van der Waals surface area contributed by atoms with Crippen LogP contribution in [0.15, 0.2) is 48.5 Å². The van der Waals surface area contributed by atoms with Gasteiger partial charge in [0, 0.05) is 19.1 Å². The van der Waals surface area contributed by atoms with Crippen LogP contribution < -0.4 is 0 Å². The zero-order chi connectivity index (χ0) is 21.2. The molecule has 0 saturated carbocycles. The van der Waals surface area contributed by atoms with Gasteiger partial charge in [-0.25, -0.2) is 0 Å². The maximum absolute atomic E-state index is 5.34. The molecule has 0 bridgehead atoms. The summed E-state index contributed by atoms with van der Waals surface area (Å²) in [5.74, 6) is 0. The molecule has 2 aliphatic rings. The molecule has 1 aliphatic carbocycles. The van der Waals surface area contributed by atoms with Crippen molar-refractivity contribution in [1.29, 1.82) is 0 Å². The van der Waals surface area contributed by atoms with Gasteiger partial charge in [-0.3, -0.25) is 4.90 Å². The van der Waals surface area contributed by atoms with Crippen LogP contribution in [-0.2, 0) is 30.1 Å². The van der Waals surface area contributed by atoms with Crippen molar-refractivity contribution in [1.82, 2.24) is 4.90 Å². The summed E-state index contributed by atoms with van der Waals surface area (Å²) in [6, 6.07) is 18.6. The molecule has 0 amide bonds. The Hall–Kier alpha value is -0.129. The quantitative estimate of drug-likeness (QED) is 0.311. The van der Waals surface area contributed by atoms with Gasteiger partial charge < -0.3 is 12.4 Å². The van der Waals surface area contributed by atoms with Crippen LogP contribution >= 0.6 is 18.6 Å². The Morgan fingerprint density at radius 1 is 0.933 bits per heavy atom. The van der Waals surface area contributed by atoms with Gasteiger partial charge in [-0.05, 0) is 34.2 Å². The molecule has 30 heavy (non-hydrogen) atoms. The van der Waals surface area contributed by atoms with E-state index in [-0.39, 0.29) is 13.0 Å². The minimum absolute atomic E-state index is 0. The fourth-order valence-corrected chi connectivity index (χ4v) is 8.85. The molecular formula is C24H34Cl2N2SiTi-2. The second-order valence-electron chi connectivity index (χ2n) is 9.61. The average molecular weight is 497 g/mol. The maximum atomic E-state index is 5.34. The summed E-state index contributed by atoms with van der Waals surface area (Å²) in [5.41, 5.74) is 6.79. The molecule has 1 heterocycles. The Balaban J connectivity index is 0.000000757. The second kappa shape index (κ2) is 10.7. The van der Waals surface area contributed by atoms with Crippen LogP contribution in [0.4, 0.5) is 0 Å². The zero-order valence-electron chi connectivity index (χ0n) is 19.0. The molecule has 4 rings (SSSR count). The van der Waals surface area contributed by atoms with Crippen molar-refractivity contribution in [2.24, 2.45) is 0 Å². The number of nitrogens with zero attached hydrogens (tertiary/aromatic N) is 2. The van der Waals surface area contributed by atoms with Gasteiger partial charge in [0.25, 0.3) is 0 Å². The molecule has 6 heteroatoms. The molecule has 0 N–H and O–H groups in total. The Morgan fingerprint density at radius 3 is 1.90 bits per heavy atom. The summed E-state index contributed by atoms with van der Waals surface area (Å²) in [6.07, 6.45) is 1.23. The molecule has 2 atom stereocenters. The van der Waals surface area contributed by atoms with E-state index in [1.54, 1.807) is 11.1 Å². The third-order valence-corrected chi connectivity index (χ3v) is 9.47. The molecule has 0 saturated heterocycles. The van der Waals surface area contributed by atoms with Gasteiger partial charge in [-0.2, -0.15) is 0 Å². The first-order valence-corrected chi connectivity index (χ1v) is 17.6. The van der Waals surface area contributed by atoms with Crippen molar-refractivity contribution in [3.05, 3.63) is 83.2 Å². The molecule has 0 spiro atoms. The molecule has 1 aliphatic heterocycles. The summed E-state index contributed by atoms with van der Waals surface area (Å²) in [5, 5.41) is 0. The Morgan fingerprint density at radius 2 is 1.40 bits per heavy atom. The number of hydrogen-bond donors (Lipinski definition) is 0. The van der Waals surface area contributed by atoms with Gasteiger partial charge in [0.15, 0.2) is 0 Å². The SMILES string of the molecule is CC(C)(C)[N-][Si](C)(C)C1CC(N2Cc3ccccc3C2)c2ccccc21.[CH3-].[Cl][Ti][Cl]. The summed E-state index contributed by atoms with van der Waals surface area (Å²) in [6.45, 7) is 13.8. The molecule has 2 aromatic rings. The number of benzene rings is 2. The van der Waals surface area contributed by atoms with E-state index in [4.69, 9.17) is 23.6 Å². The number of halogens is 2. The Bertz CT molecular complexity index is 813. The molecule has 0 radical (unpaired) electrons. The molecule has 2 aromatic carbocycles. The van der Waals surface area contributed by atoms with Crippen molar-refractivity contribution in [2.45, 2.75) is 70.5 Å². The van der Waals surface area contributed by atoms with E-state index in [2.05, 4.69) is 87.3 Å². The van der Waals surface area contributed by atoms with E-state index in [0.29, 0.717) is 11.6 Å². The van der Waals surface area contributed by atoms with E-state index in [1.807, 2.05) is 0 Å². The van der Waals surface area contributed by atoms with E-state index in [9.17, 15) is 0 Å². The van der Waals surface area contributed by atoms with Crippen LogP contribution in [0.25, 0.3) is 4.98 Å². The minimum atomic E-state index is -1.73. The molecule has 2 unspecified atom stereocenters. The second-order valence-corrected chi connectivity index (χ2v) is 16.4. The molecule has 0 aromatic heterocycles. The predicted octanol–water partition coefficient (Wildman–Crippen LogP) is 7.97. The summed E-state index contributed by atoms with van der Waals surface area (Å²) >= 11 is -0.556. The molecule has 0 fully saturated rings. The summed E-state index contributed by atoms with van der Waals surface area (Å²) < 4.78 is 0. The molecule has 164 valence electrons. The monoisotopic (exact) mass is 496 g/mol. The van der Waals surface area contributed by atoms with Gasteiger partial charge in [-0.1, -0.05) is 90.6 Å². The summed E-state index contributed by atoms with van der Waals surface area (Å²) in [7, 11) is 8.05. The zero-order valence-corrected chi connectivity index (χ0v) is 23.1. The number of hydrogen-bond acceptors (Lipinski definition) is 1. The molecular weight excluding hydrogens is 463 g/mol. The normalized spacial score (nSPS) is 20.5. The van der Waals surface area contributed by atoms with Gasteiger partial charge in [0.1, 0.15) is 0 Å². The van der Waals surface area contributed by atoms with Crippen molar-refractivity contribution in [3.8, 4) is 0 Å². The van der Waals surface area contributed by atoms with E-state index in [0.717, 1.165) is 13.1 Å². The van der Waals surface area contributed by atoms with Crippen LogP contribution in [-0.4, -0.2) is 18.7 Å². The van der Waals surface area contributed by atoms with Crippen LogP contribution in [0.3, 0.4) is 0 Å². The van der Waals surface area contributed by atoms with Crippen molar-refractivity contribution >= 4 is 26.8 Å². The fraction of sp³-hybridized carbons (Fsp3) is 0.458.